The van der Waals surface area contributed by atoms with Crippen LogP contribution in [0.3, 0.4) is 0 Å². The lowest BCUT2D eigenvalue weighted by Gasteiger charge is -2.15. The van der Waals surface area contributed by atoms with Gasteiger partial charge in [0.15, 0.2) is 6.61 Å². The van der Waals surface area contributed by atoms with Crippen LogP contribution in [0.25, 0.3) is 0 Å². The second kappa shape index (κ2) is 6.37. The van der Waals surface area contributed by atoms with Crippen LogP contribution in [-0.4, -0.2) is 53.9 Å². The van der Waals surface area contributed by atoms with Crippen LogP contribution in [0.2, 0.25) is 0 Å². The van der Waals surface area contributed by atoms with E-state index in [1.165, 1.54) is 30.1 Å². The molecule has 1 rings (SSSR count). The van der Waals surface area contributed by atoms with E-state index in [0.717, 1.165) is 0 Å². The van der Waals surface area contributed by atoms with Crippen LogP contribution >= 0.6 is 0 Å². The highest BCUT2D eigenvalue weighted by molar-refractivity contribution is 5.92. The molecule has 19 heavy (non-hydrogen) atoms. The summed E-state index contributed by atoms with van der Waals surface area (Å²) in [5.41, 5.74) is -0.0457. The van der Waals surface area contributed by atoms with Gasteiger partial charge in [-0.1, -0.05) is 6.07 Å². The molecule has 0 saturated heterocycles. The summed E-state index contributed by atoms with van der Waals surface area (Å²) in [5, 5.41) is 8.70. The lowest BCUT2D eigenvalue weighted by molar-refractivity contribution is -0.154. The van der Waals surface area contributed by atoms with Gasteiger partial charge in [0.1, 0.15) is 5.69 Å². The summed E-state index contributed by atoms with van der Waals surface area (Å²) in [6, 6.07) is 3.96. The van der Waals surface area contributed by atoms with Crippen molar-refractivity contribution in [1.29, 1.82) is 0 Å². The standard InChI is InChI=1S/C11H13F3N2O3/c1-16(5-6-17)10(18)8-3-2-4-9(15-8)19-7-11(12,13)14/h2-4,17H,5-7H2,1H3. The van der Waals surface area contributed by atoms with Gasteiger partial charge in [-0.2, -0.15) is 13.2 Å². The molecule has 1 aromatic heterocycles. The zero-order chi connectivity index (χ0) is 14.5. The molecule has 0 spiro atoms. The second-order valence-electron chi connectivity index (χ2n) is 3.72. The predicted octanol–water partition coefficient (Wildman–Crippen LogP) is 1.09. The summed E-state index contributed by atoms with van der Waals surface area (Å²) in [5.74, 6) is -0.785. The van der Waals surface area contributed by atoms with E-state index in [-0.39, 0.29) is 24.7 Å². The molecule has 0 aliphatic carbocycles. The number of pyridine rings is 1. The largest absolute Gasteiger partial charge is 0.468 e. The summed E-state index contributed by atoms with van der Waals surface area (Å²) < 4.78 is 40.4. The highest BCUT2D eigenvalue weighted by Gasteiger charge is 2.28. The van der Waals surface area contributed by atoms with Crippen molar-refractivity contribution in [3.63, 3.8) is 0 Å². The van der Waals surface area contributed by atoms with E-state index in [1.54, 1.807) is 0 Å². The fraction of sp³-hybridized carbons (Fsp3) is 0.455. The van der Waals surface area contributed by atoms with Crippen molar-refractivity contribution in [3.8, 4) is 5.88 Å². The lowest BCUT2D eigenvalue weighted by Crippen LogP contribution is -2.30. The second-order valence-corrected chi connectivity index (χ2v) is 3.72. The van der Waals surface area contributed by atoms with E-state index in [0.29, 0.717) is 0 Å². The normalized spacial score (nSPS) is 11.2. The first-order chi connectivity index (χ1) is 8.83. The van der Waals surface area contributed by atoms with Crippen molar-refractivity contribution in [2.75, 3.05) is 26.8 Å². The third-order valence-electron chi connectivity index (χ3n) is 2.11. The van der Waals surface area contributed by atoms with E-state index in [1.807, 2.05) is 0 Å². The first kappa shape index (κ1) is 15.2. The van der Waals surface area contributed by atoms with Gasteiger partial charge in [0.2, 0.25) is 5.88 Å². The van der Waals surface area contributed by atoms with E-state index < -0.39 is 18.7 Å². The number of aromatic nitrogens is 1. The molecule has 1 N–H and O–H groups in total. The van der Waals surface area contributed by atoms with Gasteiger partial charge in [-0.3, -0.25) is 4.79 Å². The predicted molar refractivity (Wildman–Crippen MR) is 59.8 cm³/mol. The number of carbonyl (C=O) groups is 1. The van der Waals surface area contributed by atoms with Crippen LogP contribution in [0.1, 0.15) is 10.5 Å². The average Bonchev–Trinajstić information content (AvgIpc) is 2.35. The molecule has 0 atom stereocenters. The van der Waals surface area contributed by atoms with E-state index in [4.69, 9.17) is 5.11 Å². The van der Waals surface area contributed by atoms with Gasteiger partial charge in [-0.25, -0.2) is 4.98 Å². The third kappa shape index (κ3) is 5.12. The molecule has 0 bridgehead atoms. The van der Waals surface area contributed by atoms with Gasteiger partial charge in [-0.05, 0) is 6.07 Å². The highest BCUT2D eigenvalue weighted by atomic mass is 19.4. The molecule has 1 heterocycles. The number of halogens is 3. The Hall–Kier alpha value is -1.83. The van der Waals surface area contributed by atoms with Gasteiger partial charge >= 0.3 is 6.18 Å². The molecule has 0 aliphatic heterocycles. The van der Waals surface area contributed by atoms with Gasteiger partial charge in [0.25, 0.3) is 5.91 Å². The fourth-order valence-corrected chi connectivity index (χ4v) is 1.22. The zero-order valence-electron chi connectivity index (χ0n) is 10.1. The molecule has 1 amide bonds. The number of likely N-dealkylation sites (N-methyl/N-ethyl adjacent to an activating group) is 1. The van der Waals surface area contributed by atoms with Gasteiger partial charge in [-0.15, -0.1) is 0 Å². The van der Waals surface area contributed by atoms with Crippen LogP contribution in [-0.2, 0) is 0 Å². The molecule has 1 aromatic rings. The van der Waals surface area contributed by atoms with Crippen molar-refractivity contribution in [1.82, 2.24) is 9.88 Å². The Morgan fingerprint density at radius 3 is 2.74 bits per heavy atom. The number of carbonyl (C=O) groups excluding carboxylic acids is 1. The smallest absolute Gasteiger partial charge is 0.422 e. The SMILES string of the molecule is CN(CCO)C(=O)c1cccc(OCC(F)(F)F)n1. The molecule has 5 nitrogen and oxygen atoms in total. The fourth-order valence-electron chi connectivity index (χ4n) is 1.22. The molecule has 0 aliphatic rings. The minimum atomic E-state index is -4.46. The molecule has 0 fully saturated rings. The van der Waals surface area contributed by atoms with Crippen molar-refractivity contribution >= 4 is 5.91 Å². The monoisotopic (exact) mass is 278 g/mol. The summed E-state index contributed by atoms with van der Waals surface area (Å²) in [6.45, 7) is -1.58. The van der Waals surface area contributed by atoms with Gasteiger partial charge in [0, 0.05) is 19.7 Å². The van der Waals surface area contributed by atoms with Gasteiger partial charge in [0.05, 0.1) is 6.61 Å². The Bertz CT molecular complexity index is 437. The number of aliphatic hydroxyl groups excluding tert-OH is 1. The first-order valence-electron chi connectivity index (χ1n) is 5.36. The van der Waals surface area contributed by atoms with Gasteiger partial charge < -0.3 is 14.7 Å². The Morgan fingerprint density at radius 1 is 1.47 bits per heavy atom. The lowest BCUT2D eigenvalue weighted by atomic mass is 10.3. The maximum atomic E-state index is 12.0. The van der Waals surface area contributed by atoms with Crippen LogP contribution in [0.4, 0.5) is 13.2 Å². The number of amides is 1. The number of ether oxygens (including phenoxy) is 1. The van der Waals surface area contributed by atoms with Crippen molar-refractivity contribution in [3.05, 3.63) is 23.9 Å². The maximum Gasteiger partial charge on any atom is 0.422 e. The summed E-state index contributed by atoms with van der Waals surface area (Å²) in [6.07, 6.45) is -4.46. The maximum absolute atomic E-state index is 12.0. The number of aliphatic hydroxyl groups is 1. The zero-order valence-corrected chi connectivity index (χ0v) is 10.1. The topological polar surface area (TPSA) is 62.7 Å². The number of alkyl halides is 3. The highest BCUT2D eigenvalue weighted by Crippen LogP contribution is 2.17. The molecular weight excluding hydrogens is 265 g/mol. The first-order valence-corrected chi connectivity index (χ1v) is 5.36. The van der Waals surface area contributed by atoms with E-state index >= 15 is 0 Å². The molecule has 0 radical (unpaired) electrons. The van der Waals surface area contributed by atoms with Crippen LogP contribution in [0.5, 0.6) is 5.88 Å². The summed E-state index contributed by atoms with van der Waals surface area (Å²) in [4.78, 5) is 16.7. The Morgan fingerprint density at radius 2 is 2.16 bits per heavy atom. The molecule has 106 valence electrons. The molecule has 0 aromatic carbocycles. The third-order valence-corrected chi connectivity index (χ3v) is 2.11. The molecular formula is C11H13F3N2O3. The Balaban J connectivity index is 2.74. The molecule has 0 saturated carbocycles. The van der Waals surface area contributed by atoms with Crippen LogP contribution in [0.15, 0.2) is 18.2 Å². The number of rotatable bonds is 5. The quantitative estimate of drug-likeness (QED) is 0.875. The summed E-state index contributed by atoms with van der Waals surface area (Å²) >= 11 is 0. The number of hydrogen-bond acceptors (Lipinski definition) is 4. The molecule has 8 heteroatoms. The van der Waals surface area contributed by atoms with E-state index in [9.17, 15) is 18.0 Å². The molecule has 0 unspecified atom stereocenters. The minimum Gasteiger partial charge on any atom is -0.468 e. The van der Waals surface area contributed by atoms with Crippen molar-refractivity contribution in [2.24, 2.45) is 0 Å². The number of hydrogen-bond donors (Lipinski definition) is 1. The Kier molecular flexibility index (Phi) is 5.11. The Labute approximate surface area is 107 Å². The minimum absolute atomic E-state index is 0.0457. The average molecular weight is 278 g/mol. The van der Waals surface area contributed by atoms with Crippen LogP contribution in [0, 0.1) is 0 Å². The van der Waals surface area contributed by atoms with E-state index in [2.05, 4.69) is 9.72 Å². The van der Waals surface area contributed by atoms with Crippen molar-refractivity contribution in [2.45, 2.75) is 6.18 Å². The summed E-state index contributed by atoms with van der Waals surface area (Å²) in [7, 11) is 1.45. The van der Waals surface area contributed by atoms with Crippen molar-refractivity contribution < 1.29 is 27.8 Å². The number of nitrogens with zero attached hydrogens (tertiary/aromatic N) is 2. The van der Waals surface area contributed by atoms with Crippen LogP contribution < -0.4 is 4.74 Å².